The molecule has 0 amide bonds. The van der Waals surface area contributed by atoms with Crippen molar-refractivity contribution in [3.63, 3.8) is 0 Å². The molecule has 2 N–H and O–H groups in total. The minimum absolute atomic E-state index is 0.192. The zero-order chi connectivity index (χ0) is 24.2. The van der Waals surface area contributed by atoms with E-state index in [2.05, 4.69) is 25.5 Å². The third-order valence-corrected chi connectivity index (χ3v) is 5.13. The molecule has 0 saturated carbocycles. The molecule has 7 nitrogen and oxygen atoms in total. The van der Waals surface area contributed by atoms with Crippen LogP contribution in [0.5, 0.6) is 5.75 Å². The summed E-state index contributed by atoms with van der Waals surface area (Å²) in [6.07, 6.45) is -3.41. The molecular weight excluding hydrogens is 487 g/mol. The van der Waals surface area contributed by atoms with E-state index in [9.17, 15) is 17.6 Å². The number of rotatable bonds is 5. The third kappa shape index (κ3) is 6.04. The molecule has 13 heteroatoms. The van der Waals surface area contributed by atoms with Crippen molar-refractivity contribution in [2.75, 3.05) is 13.1 Å². The first kappa shape index (κ1) is 24.6. The monoisotopic (exact) mass is 502 g/mol. The second-order valence-corrected chi connectivity index (χ2v) is 7.43. The molecule has 1 aliphatic rings. The number of ether oxygens (including phenoxy) is 1. The number of guanidine groups is 1. The maximum atomic E-state index is 14.6. The van der Waals surface area contributed by atoms with Crippen LogP contribution in [-0.4, -0.2) is 42.2 Å². The molecule has 1 heterocycles. The number of hydrogen-bond acceptors (Lipinski definition) is 5. The SMILES string of the molecule is CCNC1CN(C(=Nc2cccc(OC(F)(F)F)c2F)NC#N)N=C1c1ccc(Cl)c(Cl)c1. The minimum atomic E-state index is -5.08. The number of nitriles is 1. The lowest BCUT2D eigenvalue weighted by atomic mass is 10.0. The van der Waals surface area contributed by atoms with Crippen LogP contribution in [0.3, 0.4) is 0 Å². The summed E-state index contributed by atoms with van der Waals surface area (Å²) in [5.74, 6) is -2.59. The third-order valence-electron chi connectivity index (χ3n) is 4.39. The van der Waals surface area contributed by atoms with E-state index in [0.717, 1.165) is 18.2 Å². The van der Waals surface area contributed by atoms with Crippen LogP contribution < -0.4 is 15.4 Å². The lowest BCUT2D eigenvalue weighted by Crippen LogP contribution is -2.42. The predicted octanol–water partition coefficient (Wildman–Crippen LogP) is 4.79. The molecule has 0 aliphatic carbocycles. The fraction of sp³-hybridized carbons (Fsp3) is 0.250. The van der Waals surface area contributed by atoms with Crippen LogP contribution in [0.1, 0.15) is 12.5 Å². The predicted molar refractivity (Wildman–Crippen MR) is 116 cm³/mol. The molecule has 0 fully saturated rings. The summed E-state index contributed by atoms with van der Waals surface area (Å²) < 4.78 is 55.8. The molecule has 2 aromatic rings. The van der Waals surface area contributed by atoms with E-state index in [1.54, 1.807) is 24.4 Å². The fourth-order valence-electron chi connectivity index (χ4n) is 3.06. The normalized spacial score (nSPS) is 16.4. The van der Waals surface area contributed by atoms with Crippen molar-refractivity contribution >= 4 is 40.6 Å². The van der Waals surface area contributed by atoms with Gasteiger partial charge in [-0.1, -0.05) is 42.3 Å². The lowest BCUT2D eigenvalue weighted by molar-refractivity contribution is -0.275. The van der Waals surface area contributed by atoms with Gasteiger partial charge in [-0.25, -0.2) is 14.4 Å². The van der Waals surface area contributed by atoms with Crippen molar-refractivity contribution in [3.05, 3.63) is 57.8 Å². The average molecular weight is 503 g/mol. The molecular formula is C20H16Cl2F4N6O. The molecule has 1 unspecified atom stereocenters. The number of benzene rings is 2. The molecule has 174 valence electrons. The Morgan fingerprint density at radius 1 is 1.30 bits per heavy atom. The zero-order valence-corrected chi connectivity index (χ0v) is 18.4. The molecule has 3 rings (SSSR count). The van der Waals surface area contributed by atoms with Crippen LogP contribution in [-0.2, 0) is 0 Å². The number of halogens is 6. The smallest absolute Gasteiger partial charge is 0.403 e. The van der Waals surface area contributed by atoms with Crippen molar-refractivity contribution in [2.24, 2.45) is 10.1 Å². The second-order valence-electron chi connectivity index (χ2n) is 6.62. The molecule has 0 radical (unpaired) electrons. The molecule has 0 bridgehead atoms. The van der Waals surface area contributed by atoms with Gasteiger partial charge >= 0.3 is 6.36 Å². The van der Waals surface area contributed by atoms with Crippen molar-refractivity contribution in [1.82, 2.24) is 15.6 Å². The summed E-state index contributed by atoms with van der Waals surface area (Å²) in [7, 11) is 0. The van der Waals surface area contributed by atoms with Gasteiger partial charge in [-0.05, 0) is 30.8 Å². The average Bonchev–Trinajstić information content (AvgIpc) is 3.15. The maximum absolute atomic E-state index is 14.6. The number of alkyl halides is 3. The quantitative estimate of drug-likeness (QED) is 0.202. The highest BCUT2D eigenvalue weighted by molar-refractivity contribution is 6.42. The summed E-state index contributed by atoms with van der Waals surface area (Å²) >= 11 is 12.1. The van der Waals surface area contributed by atoms with Crippen LogP contribution in [0, 0.1) is 17.3 Å². The van der Waals surface area contributed by atoms with Gasteiger partial charge in [0.05, 0.1) is 28.3 Å². The summed E-state index contributed by atoms with van der Waals surface area (Å²) in [6, 6.07) is 7.73. The van der Waals surface area contributed by atoms with E-state index in [4.69, 9.17) is 28.5 Å². The van der Waals surface area contributed by atoms with Gasteiger partial charge in [0.25, 0.3) is 0 Å². The largest absolute Gasteiger partial charge is 0.573 e. The van der Waals surface area contributed by atoms with Crippen molar-refractivity contribution < 1.29 is 22.3 Å². The Morgan fingerprint density at radius 2 is 2.06 bits per heavy atom. The molecule has 0 spiro atoms. The lowest BCUT2D eigenvalue weighted by Gasteiger charge is -2.17. The zero-order valence-electron chi connectivity index (χ0n) is 16.9. The standard InChI is InChI=1S/C20H16Cl2F4N6O/c1-2-28-15-9-32(31-18(15)11-6-7-12(21)13(22)8-11)19(29-10-27)30-14-4-3-5-16(17(14)23)33-20(24,25)26/h3-8,15,28H,2,9H2,1H3,(H,29,30). The molecule has 1 aliphatic heterocycles. The van der Waals surface area contributed by atoms with Gasteiger partial charge in [-0.3, -0.25) is 5.32 Å². The van der Waals surface area contributed by atoms with E-state index in [-0.39, 0.29) is 18.5 Å². The molecule has 2 aromatic carbocycles. The summed E-state index contributed by atoms with van der Waals surface area (Å²) in [4.78, 5) is 3.98. The number of hydrogen-bond donors (Lipinski definition) is 2. The molecule has 0 saturated heterocycles. The fourth-order valence-corrected chi connectivity index (χ4v) is 3.36. The highest BCUT2D eigenvalue weighted by atomic mass is 35.5. The number of likely N-dealkylation sites (N-methyl/N-ethyl adjacent to an activating group) is 1. The van der Waals surface area contributed by atoms with Gasteiger partial charge in [0.2, 0.25) is 5.96 Å². The van der Waals surface area contributed by atoms with Gasteiger partial charge in [0.1, 0.15) is 5.69 Å². The first-order chi connectivity index (χ1) is 15.6. The second kappa shape index (κ2) is 10.2. The van der Waals surface area contributed by atoms with E-state index in [1.165, 1.54) is 5.01 Å². The topological polar surface area (TPSA) is 85.0 Å². The number of nitrogens with zero attached hydrogens (tertiary/aromatic N) is 4. The Bertz CT molecular complexity index is 1130. The van der Waals surface area contributed by atoms with Crippen LogP contribution in [0.2, 0.25) is 10.0 Å². The first-order valence-corrected chi connectivity index (χ1v) is 10.2. The summed E-state index contributed by atoms with van der Waals surface area (Å²) in [5, 5.41) is 21.1. The van der Waals surface area contributed by atoms with Gasteiger partial charge in [-0.2, -0.15) is 10.4 Å². The highest BCUT2D eigenvalue weighted by Gasteiger charge is 2.33. The summed E-state index contributed by atoms with van der Waals surface area (Å²) in [6.45, 7) is 2.67. The number of aliphatic imine (C=N–C) groups is 1. The molecule has 1 atom stereocenters. The number of nitrogens with one attached hydrogen (secondary N) is 2. The summed E-state index contributed by atoms with van der Waals surface area (Å²) in [5.41, 5.74) is 0.728. The van der Waals surface area contributed by atoms with E-state index in [1.807, 2.05) is 6.92 Å². The minimum Gasteiger partial charge on any atom is -0.403 e. The van der Waals surface area contributed by atoms with Crippen molar-refractivity contribution in [1.29, 1.82) is 5.26 Å². The van der Waals surface area contributed by atoms with Gasteiger partial charge in [0.15, 0.2) is 17.8 Å². The molecule has 0 aromatic heterocycles. The van der Waals surface area contributed by atoms with E-state index in [0.29, 0.717) is 27.9 Å². The Kier molecular flexibility index (Phi) is 7.63. The van der Waals surface area contributed by atoms with Gasteiger partial charge in [0, 0.05) is 5.56 Å². The van der Waals surface area contributed by atoms with Crippen molar-refractivity contribution in [3.8, 4) is 11.9 Å². The molecule has 33 heavy (non-hydrogen) atoms. The number of hydrazone groups is 1. The Balaban J connectivity index is 2.00. The van der Waals surface area contributed by atoms with E-state index >= 15 is 0 Å². The first-order valence-electron chi connectivity index (χ1n) is 9.45. The van der Waals surface area contributed by atoms with Gasteiger partial charge < -0.3 is 10.1 Å². The Labute approximate surface area is 196 Å². The Hall–Kier alpha value is -3.07. The van der Waals surface area contributed by atoms with Crippen LogP contribution in [0.15, 0.2) is 46.5 Å². The highest BCUT2D eigenvalue weighted by Crippen LogP contribution is 2.31. The van der Waals surface area contributed by atoms with Crippen LogP contribution >= 0.6 is 23.2 Å². The van der Waals surface area contributed by atoms with Crippen molar-refractivity contribution in [2.45, 2.75) is 19.3 Å². The van der Waals surface area contributed by atoms with Crippen LogP contribution in [0.25, 0.3) is 0 Å². The van der Waals surface area contributed by atoms with E-state index < -0.39 is 23.6 Å². The van der Waals surface area contributed by atoms with Crippen LogP contribution in [0.4, 0.5) is 23.2 Å². The Morgan fingerprint density at radius 3 is 2.70 bits per heavy atom. The maximum Gasteiger partial charge on any atom is 0.573 e. The van der Waals surface area contributed by atoms with Gasteiger partial charge in [-0.15, -0.1) is 13.2 Å².